The van der Waals surface area contributed by atoms with E-state index in [-0.39, 0.29) is 11.7 Å². The molecule has 1 amide bonds. The van der Waals surface area contributed by atoms with E-state index in [9.17, 15) is 9.18 Å². The molecule has 0 saturated carbocycles. The number of methoxy groups -OCH3 is 2. The van der Waals surface area contributed by atoms with Crippen molar-refractivity contribution >= 4 is 5.91 Å². The molecule has 4 rings (SSSR count). The predicted octanol–water partition coefficient (Wildman–Crippen LogP) is 3.54. The SMILES string of the molecule is COc1cc2c(cc1OC)CN(C(=O)c1cnn(-c3ccc(F)cc3)c1C)CC2. The minimum absolute atomic E-state index is 0.0729. The number of halogens is 1. The van der Waals surface area contributed by atoms with Crippen LogP contribution in [0, 0.1) is 12.7 Å². The topological polar surface area (TPSA) is 56.6 Å². The molecule has 0 atom stereocenters. The molecule has 0 unspecified atom stereocenters. The maximum atomic E-state index is 13.2. The highest BCUT2D eigenvalue weighted by molar-refractivity contribution is 5.95. The highest BCUT2D eigenvalue weighted by Crippen LogP contribution is 2.33. The zero-order valence-electron chi connectivity index (χ0n) is 16.6. The number of carbonyl (C=O) groups excluding carboxylic acids is 1. The van der Waals surface area contributed by atoms with Crippen LogP contribution in [-0.2, 0) is 13.0 Å². The van der Waals surface area contributed by atoms with Gasteiger partial charge < -0.3 is 14.4 Å². The van der Waals surface area contributed by atoms with E-state index in [1.807, 2.05) is 24.0 Å². The number of aromatic nitrogens is 2. The Kier molecular flexibility index (Phi) is 4.96. The summed E-state index contributed by atoms with van der Waals surface area (Å²) in [6, 6.07) is 9.94. The van der Waals surface area contributed by atoms with Gasteiger partial charge in [-0.15, -0.1) is 0 Å². The summed E-state index contributed by atoms with van der Waals surface area (Å²) in [6.07, 6.45) is 2.32. The van der Waals surface area contributed by atoms with E-state index in [1.54, 1.807) is 37.2 Å². The number of rotatable bonds is 4. The second-order valence-corrected chi connectivity index (χ2v) is 6.98. The largest absolute Gasteiger partial charge is 0.493 e. The summed E-state index contributed by atoms with van der Waals surface area (Å²) < 4.78 is 25.6. The maximum absolute atomic E-state index is 13.2. The number of amides is 1. The van der Waals surface area contributed by atoms with Crippen molar-refractivity contribution in [2.24, 2.45) is 0 Å². The maximum Gasteiger partial charge on any atom is 0.257 e. The third-order valence-corrected chi connectivity index (χ3v) is 5.32. The van der Waals surface area contributed by atoms with Crippen LogP contribution in [0.2, 0.25) is 0 Å². The van der Waals surface area contributed by atoms with E-state index in [2.05, 4.69) is 5.10 Å². The van der Waals surface area contributed by atoms with E-state index in [0.29, 0.717) is 35.8 Å². The van der Waals surface area contributed by atoms with Gasteiger partial charge in [-0.3, -0.25) is 4.79 Å². The number of benzene rings is 2. The van der Waals surface area contributed by atoms with Crippen LogP contribution >= 0.6 is 0 Å². The number of fused-ring (bicyclic) bond motifs is 1. The molecule has 2 aromatic carbocycles. The van der Waals surface area contributed by atoms with Crippen molar-refractivity contribution in [2.45, 2.75) is 19.9 Å². The molecular formula is C22H22FN3O3. The molecule has 7 heteroatoms. The molecule has 0 spiro atoms. The molecule has 1 aromatic heterocycles. The monoisotopic (exact) mass is 395 g/mol. The predicted molar refractivity (Wildman–Crippen MR) is 106 cm³/mol. The Balaban J connectivity index is 1.59. The van der Waals surface area contributed by atoms with E-state index in [4.69, 9.17) is 9.47 Å². The fraction of sp³-hybridized carbons (Fsp3) is 0.273. The van der Waals surface area contributed by atoms with Gasteiger partial charge in [-0.05, 0) is 60.9 Å². The standard InChI is InChI=1S/C22H22FN3O3/c1-14-19(12-24-26(14)18-6-4-17(23)5-7-18)22(27)25-9-8-15-10-20(28-2)21(29-3)11-16(15)13-25/h4-7,10-12H,8-9,13H2,1-3H3. The van der Waals surface area contributed by atoms with Crippen LogP contribution in [0.4, 0.5) is 4.39 Å². The molecule has 0 N–H and O–H groups in total. The van der Waals surface area contributed by atoms with Crippen molar-refractivity contribution in [3.8, 4) is 17.2 Å². The van der Waals surface area contributed by atoms with Gasteiger partial charge in [-0.2, -0.15) is 5.10 Å². The highest BCUT2D eigenvalue weighted by atomic mass is 19.1. The molecule has 0 radical (unpaired) electrons. The Bertz CT molecular complexity index is 1060. The van der Waals surface area contributed by atoms with Crippen molar-refractivity contribution in [3.63, 3.8) is 0 Å². The molecule has 0 saturated heterocycles. The first kappa shape index (κ1) is 19.0. The first-order valence-electron chi connectivity index (χ1n) is 9.35. The smallest absolute Gasteiger partial charge is 0.257 e. The first-order chi connectivity index (χ1) is 14.0. The van der Waals surface area contributed by atoms with Gasteiger partial charge in [0.15, 0.2) is 11.5 Å². The summed E-state index contributed by atoms with van der Waals surface area (Å²) in [4.78, 5) is 15.0. The average molecular weight is 395 g/mol. The number of nitrogens with zero attached hydrogens (tertiary/aromatic N) is 3. The van der Waals surface area contributed by atoms with E-state index in [1.165, 1.54) is 12.1 Å². The lowest BCUT2D eigenvalue weighted by atomic mass is 9.98. The van der Waals surface area contributed by atoms with Crippen LogP contribution in [0.1, 0.15) is 27.2 Å². The second kappa shape index (κ2) is 7.58. The highest BCUT2D eigenvalue weighted by Gasteiger charge is 2.26. The van der Waals surface area contributed by atoms with Crippen molar-refractivity contribution in [3.05, 3.63) is 70.8 Å². The van der Waals surface area contributed by atoms with Gasteiger partial charge >= 0.3 is 0 Å². The molecule has 0 aliphatic carbocycles. The number of hydrogen-bond acceptors (Lipinski definition) is 4. The van der Waals surface area contributed by atoms with Gasteiger partial charge in [0.05, 0.1) is 37.4 Å². The van der Waals surface area contributed by atoms with Crippen LogP contribution in [-0.4, -0.2) is 41.4 Å². The summed E-state index contributed by atoms with van der Waals surface area (Å²) >= 11 is 0. The molecule has 2 heterocycles. The normalized spacial score (nSPS) is 13.2. The van der Waals surface area contributed by atoms with Crippen LogP contribution in [0.25, 0.3) is 5.69 Å². The third-order valence-electron chi connectivity index (χ3n) is 5.32. The molecule has 3 aromatic rings. The summed E-state index contributed by atoms with van der Waals surface area (Å²) in [5.74, 6) is 0.966. The zero-order valence-corrected chi connectivity index (χ0v) is 16.6. The first-order valence-corrected chi connectivity index (χ1v) is 9.35. The molecule has 29 heavy (non-hydrogen) atoms. The Morgan fingerprint density at radius 2 is 1.72 bits per heavy atom. The molecular weight excluding hydrogens is 373 g/mol. The average Bonchev–Trinajstić information content (AvgIpc) is 3.13. The Hall–Kier alpha value is -3.35. The molecule has 1 aliphatic rings. The van der Waals surface area contributed by atoms with Gasteiger partial charge in [0.1, 0.15) is 5.82 Å². The summed E-state index contributed by atoms with van der Waals surface area (Å²) in [5.41, 5.74) is 4.18. The Morgan fingerprint density at radius 3 is 2.38 bits per heavy atom. The minimum Gasteiger partial charge on any atom is -0.493 e. The molecule has 0 bridgehead atoms. The van der Waals surface area contributed by atoms with E-state index < -0.39 is 0 Å². The third kappa shape index (κ3) is 3.44. The number of carbonyl (C=O) groups is 1. The van der Waals surface area contributed by atoms with Crippen LogP contribution in [0.5, 0.6) is 11.5 Å². The zero-order chi connectivity index (χ0) is 20.5. The fourth-order valence-electron chi connectivity index (χ4n) is 3.69. The molecule has 1 aliphatic heterocycles. The van der Waals surface area contributed by atoms with Crippen LogP contribution in [0.15, 0.2) is 42.6 Å². The molecule has 0 fully saturated rings. The lowest BCUT2D eigenvalue weighted by molar-refractivity contribution is 0.0733. The minimum atomic E-state index is -0.311. The van der Waals surface area contributed by atoms with E-state index in [0.717, 1.165) is 23.2 Å². The van der Waals surface area contributed by atoms with Crippen molar-refractivity contribution in [1.29, 1.82) is 0 Å². The van der Waals surface area contributed by atoms with Gasteiger partial charge in [-0.25, -0.2) is 9.07 Å². The summed E-state index contributed by atoms with van der Waals surface area (Å²) in [5, 5.41) is 4.34. The molecule has 6 nitrogen and oxygen atoms in total. The van der Waals surface area contributed by atoms with Crippen molar-refractivity contribution < 1.29 is 18.7 Å². The van der Waals surface area contributed by atoms with Crippen LogP contribution < -0.4 is 9.47 Å². The van der Waals surface area contributed by atoms with Gasteiger partial charge in [0, 0.05) is 13.1 Å². The second-order valence-electron chi connectivity index (χ2n) is 6.98. The fourth-order valence-corrected chi connectivity index (χ4v) is 3.69. The lowest BCUT2D eigenvalue weighted by Crippen LogP contribution is -2.36. The van der Waals surface area contributed by atoms with Gasteiger partial charge in [-0.1, -0.05) is 0 Å². The van der Waals surface area contributed by atoms with Gasteiger partial charge in [0.2, 0.25) is 0 Å². The Labute approximate surface area is 168 Å². The lowest BCUT2D eigenvalue weighted by Gasteiger charge is -2.29. The quantitative estimate of drug-likeness (QED) is 0.678. The Morgan fingerprint density at radius 1 is 1.07 bits per heavy atom. The summed E-state index contributed by atoms with van der Waals surface area (Å²) in [6.45, 7) is 2.95. The van der Waals surface area contributed by atoms with Crippen molar-refractivity contribution in [2.75, 3.05) is 20.8 Å². The van der Waals surface area contributed by atoms with E-state index >= 15 is 0 Å². The molecule has 150 valence electrons. The van der Waals surface area contributed by atoms with Crippen molar-refractivity contribution in [1.82, 2.24) is 14.7 Å². The summed E-state index contributed by atoms with van der Waals surface area (Å²) in [7, 11) is 3.22. The van der Waals surface area contributed by atoms with Crippen LogP contribution in [0.3, 0.4) is 0 Å². The number of ether oxygens (including phenoxy) is 2. The number of hydrogen-bond donors (Lipinski definition) is 0. The van der Waals surface area contributed by atoms with Gasteiger partial charge in [0.25, 0.3) is 5.91 Å².